The van der Waals surface area contributed by atoms with Crippen LogP contribution >= 0.6 is 0 Å². The molecular weight excluding hydrogens is 438 g/mol. The molecule has 2 aromatic carbocycles. The number of nitrogens with zero attached hydrogens (tertiary/aromatic N) is 2. The van der Waals surface area contributed by atoms with E-state index in [1.807, 2.05) is 58.9 Å². The van der Waals surface area contributed by atoms with Gasteiger partial charge < -0.3 is 10.2 Å². The van der Waals surface area contributed by atoms with Gasteiger partial charge in [-0.3, -0.25) is 9.59 Å². The molecular formula is C25H35N3O4S. The molecule has 1 atom stereocenters. The quantitative estimate of drug-likeness (QED) is 0.638. The summed E-state index contributed by atoms with van der Waals surface area (Å²) in [7, 11) is -2.48. The van der Waals surface area contributed by atoms with Gasteiger partial charge >= 0.3 is 0 Å². The van der Waals surface area contributed by atoms with Crippen LogP contribution in [0.15, 0.2) is 53.4 Å². The lowest BCUT2D eigenvalue weighted by atomic mass is 10.1. The largest absolute Gasteiger partial charge is 0.350 e. The lowest BCUT2D eigenvalue weighted by Gasteiger charge is -2.32. The standard InChI is InChI=1S/C25H35N3O4S/c1-18-12-14-22(15-13-18)33(31,32)27(7)17-23(29)28(16-21-11-9-8-10-19(21)2)20(3)24(30)26-25(4,5)6/h8-15,20H,16-17H2,1-7H3,(H,26,30)/t20-/m0/s1. The predicted molar refractivity (Wildman–Crippen MR) is 130 cm³/mol. The lowest BCUT2D eigenvalue weighted by Crippen LogP contribution is -2.54. The summed E-state index contributed by atoms with van der Waals surface area (Å²) in [5.41, 5.74) is 2.36. The van der Waals surface area contributed by atoms with Crippen molar-refractivity contribution in [3.05, 3.63) is 65.2 Å². The van der Waals surface area contributed by atoms with E-state index >= 15 is 0 Å². The highest BCUT2D eigenvalue weighted by atomic mass is 32.2. The van der Waals surface area contributed by atoms with Crippen molar-refractivity contribution in [3.8, 4) is 0 Å². The first-order chi connectivity index (χ1) is 15.2. The monoisotopic (exact) mass is 473 g/mol. The Balaban J connectivity index is 2.31. The van der Waals surface area contributed by atoms with E-state index in [9.17, 15) is 18.0 Å². The highest BCUT2D eigenvalue weighted by Gasteiger charge is 2.31. The van der Waals surface area contributed by atoms with Crippen molar-refractivity contribution in [1.29, 1.82) is 0 Å². The normalized spacial score (nSPS) is 13.0. The summed E-state index contributed by atoms with van der Waals surface area (Å²) in [6.07, 6.45) is 0. The molecule has 8 heteroatoms. The molecule has 1 N–H and O–H groups in total. The summed E-state index contributed by atoms with van der Waals surface area (Å²) in [5.74, 6) is -0.749. The maximum Gasteiger partial charge on any atom is 0.243 e. The number of aryl methyl sites for hydroxylation is 2. The average Bonchev–Trinajstić information content (AvgIpc) is 2.71. The maximum absolute atomic E-state index is 13.4. The molecule has 180 valence electrons. The number of nitrogens with one attached hydrogen (secondary N) is 1. The minimum Gasteiger partial charge on any atom is -0.350 e. The fourth-order valence-electron chi connectivity index (χ4n) is 3.28. The lowest BCUT2D eigenvalue weighted by molar-refractivity contribution is -0.141. The third kappa shape index (κ3) is 7.14. The van der Waals surface area contributed by atoms with Crippen molar-refractivity contribution in [3.63, 3.8) is 0 Å². The summed E-state index contributed by atoms with van der Waals surface area (Å²) >= 11 is 0. The molecule has 0 aliphatic rings. The number of benzene rings is 2. The molecule has 33 heavy (non-hydrogen) atoms. The molecule has 0 heterocycles. The first-order valence-electron chi connectivity index (χ1n) is 10.9. The van der Waals surface area contributed by atoms with Crippen LogP contribution in [0.5, 0.6) is 0 Å². The Kier molecular flexibility index (Phi) is 8.43. The third-order valence-electron chi connectivity index (χ3n) is 5.35. The minimum absolute atomic E-state index is 0.118. The summed E-state index contributed by atoms with van der Waals surface area (Å²) in [6.45, 7) is 10.9. The zero-order chi connectivity index (χ0) is 25.0. The second-order valence-electron chi connectivity index (χ2n) is 9.44. The van der Waals surface area contributed by atoms with E-state index in [2.05, 4.69) is 5.32 Å². The maximum atomic E-state index is 13.4. The number of hydrogen-bond acceptors (Lipinski definition) is 4. The van der Waals surface area contributed by atoms with Gasteiger partial charge in [0.2, 0.25) is 21.8 Å². The Morgan fingerprint density at radius 1 is 1.00 bits per heavy atom. The van der Waals surface area contributed by atoms with Crippen LogP contribution in [0, 0.1) is 13.8 Å². The molecule has 2 aromatic rings. The first kappa shape index (κ1) is 26.5. The van der Waals surface area contributed by atoms with Gasteiger partial charge in [0.1, 0.15) is 6.04 Å². The van der Waals surface area contributed by atoms with Crippen LogP contribution in [-0.2, 0) is 26.2 Å². The molecule has 2 amide bonds. The van der Waals surface area contributed by atoms with Crippen LogP contribution in [0.3, 0.4) is 0 Å². The highest BCUT2D eigenvalue weighted by molar-refractivity contribution is 7.89. The van der Waals surface area contributed by atoms with Crippen molar-refractivity contribution in [1.82, 2.24) is 14.5 Å². The second kappa shape index (κ2) is 10.5. The molecule has 2 rings (SSSR count). The number of likely N-dealkylation sites (N-methyl/N-ethyl adjacent to an activating group) is 1. The van der Waals surface area contributed by atoms with E-state index in [0.717, 1.165) is 21.0 Å². The molecule has 0 saturated heterocycles. The Labute approximate surface area is 197 Å². The van der Waals surface area contributed by atoms with Crippen molar-refractivity contribution in [2.75, 3.05) is 13.6 Å². The van der Waals surface area contributed by atoms with Gasteiger partial charge in [0.15, 0.2) is 0 Å². The van der Waals surface area contributed by atoms with E-state index < -0.39 is 27.5 Å². The van der Waals surface area contributed by atoms with Crippen LogP contribution in [-0.4, -0.2) is 54.6 Å². The van der Waals surface area contributed by atoms with Gasteiger partial charge in [-0.2, -0.15) is 4.31 Å². The van der Waals surface area contributed by atoms with Crippen molar-refractivity contribution < 1.29 is 18.0 Å². The van der Waals surface area contributed by atoms with Gasteiger partial charge in [-0.25, -0.2) is 8.42 Å². The molecule has 0 radical (unpaired) electrons. The van der Waals surface area contributed by atoms with Crippen LogP contribution < -0.4 is 5.32 Å². The molecule has 0 aliphatic heterocycles. The predicted octanol–water partition coefficient (Wildman–Crippen LogP) is 3.26. The van der Waals surface area contributed by atoms with Crippen LogP contribution in [0.25, 0.3) is 0 Å². The van der Waals surface area contributed by atoms with Crippen LogP contribution in [0.2, 0.25) is 0 Å². The Morgan fingerprint density at radius 3 is 2.12 bits per heavy atom. The van der Waals surface area contributed by atoms with Crippen molar-refractivity contribution in [2.45, 2.75) is 64.6 Å². The fraction of sp³-hybridized carbons (Fsp3) is 0.440. The van der Waals surface area contributed by atoms with Crippen molar-refractivity contribution >= 4 is 21.8 Å². The Bertz CT molecular complexity index is 1090. The number of carbonyl (C=O) groups is 2. The second-order valence-corrected chi connectivity index (χ2v) is 11.5. The summed E-state index contributed by atoms with van der Waals surface area (Å²) < 4.78 is 27.0. The fourth-order valence-corrected chi connectivity index (χ4v) is 4.40. The van der Waals surface area contributed by atoms with Gasteiger partial charge in [0.05, 0.1) is 11.4 Å². The van der Waals surface area contributed by atoms with Gasteiger partial charge in [-0.1, -0.05) is 42.0 Å². The first-order valence-corrected chi connectivity index (χ1v) is 12.4. The summed E-state index contributed by atoms with van der Waals surface area (Å²) in [4.78, 5) is 27.8. The number of amides is 2. The number of rotatable bonds is 8. The molecule has 0 aliphatic carbocycles. The average molecular weight is 474 g/mol. The van der Waals surface area contributed by atoms with Crippen LogP contribution in [0.4, 0.5) is 0 Å². The zero-order valence-electron chi connectivity index (χ0n) is 20.5. The molecule has 0 saturated carbocycles. The third-order valence-corrected chi connectivity index (χ3v) is 7.17. The van der Waals surface area contributed by atoms with E-state index in [1.165, 1.54) is 24.1 Å². The summed E-state index contributed by atoms with van der Waals surface area (Å²) in [5, 5.41) is 2.90. The van der Waals surface area contributed by atoms with Gasteiger partial charge in [0.25, 0.3) is 0 Å². The molecule has 0 fully saturated rings. The Morgan fingerprint density at radius 2 is 1.58 bits per heavy atom. The van der Waals surface area contributed by atoms with Crippen LogP contribution in [0.1, 0.15) is 44.4 Å². The van der Waals surface area contributed by atoms with Gasteiger partial charge in [-0.05, 0) is 64.8 Å². The molecule has 7 nitrogen and oxygen atoms in total. The van der Waals surface area contributed by atoms with Gasteiger partial charge in [0, 0.05) is 19.1 Å². The smallest absolute Gasteiger partial charge is 0.243 e. The summed E-state index contributed by atoms with van der Waals surface area (Å²) in [6, 6.07) is 13.3. The number of carbonyl (C=O) groups excluding carboxylic acids is 2. The SMILES string of the molecule is Cc1ccc(S(=O)(=O)N(C)CC(=O)N(Cc2ccccc2C)[C@@H](C)C(=O)NC(C)(C)C)cc1. The molecule has 0 aromatic heterocycles. The number of sulfonamides is 1. The molecule has 0 spiro atoms. The van der Waals surface area contributed by atoms with E-state index in [-0.39, 0.29) is 23.9 Å². The number of hydrogen-bond donors (Lipinski definition) is 1. The minimum atomic E-state index is -3.85. The topological polar surface area (TPSA) is 86.8 Å². The van der Waals surface area contributed by atoms with Gasteiger partial charge in [-0.15, -0.1) is 0 Å². The zero-order valence-corrected chi connectivity index (χ0v) is 21.4. The Hall–Kier alpha value is -2.71. The van der Waals surface area contributed by atoms with E-state index in [1.54, 1.807) is 19.1 Å². The highest BCUT2D eigenvalue weighted by Crippen LogP contribution is 2.18. The molecule has 0 unspecified atom stereocenters. The molecule has 0 bridgehead atoms. The van der Waals surface area contributed by atoms with E-state index in [4.69, 9.17) is 0 Å². The van der Waals surface area contributed by atoms with E-state index in [0.29, 0.717) is 0 Å². The van der Waals surface area contributed by atoms with Crippen molar-refractivity contribution in [2.24, 2.45) is 0 Å².